The Labute approximate surface area is 164 Å². The number of aryl methyl sites for hydroxylation is 1. The van der Waals surface area contributed by atoms with Gasteiger partial charge in [-0.25, -0.2) is 4.39 Å². The molecule has 0 N–H and O–H groups in total. The van der Waals surface area contributed by atoms with E-state index in [1.165, 1.54) is 30.3 Å². The highest BCUT2D eigenvalue weighted by Gasteiger charge is 2.74. The van der Waals surface area contributed by atoms with Crippen molar-refractivity contribution in [1.29, 1.82) is 5.26 Å². The number of rotatable bonds is 4. The van der Waals surface area contributed by atoms with Crippen molar-refractivity contribution < 1.29 is 30.7 Å². The molecule has 0 bridgehead atoms. The summed E-state index contributed by atoms with van der Waals surface area (Å²) in [6, 6.07) is 8.58. The maximum Gasteiger partial charge on any atom is 0.435 e. The van der Waals surface area contributed by atoms with Crippen molar-refractivity contribution in [2.75, 3.05) is 0 Å². The Kier molecular flexibility index (Phi) is 6.14. The van der Waals surface area contributed by atoms with Crippen LogP contribution in [0.1, 0.15) is 30.0 Å². The molecule has 150 valence electrons. The van der Waals surface area contributed by atoms with Gasteiger partial charge in [0.25, 0.3) is 0 Å². The van der Waals surface area contributed by atoms with Crippen LogP contribution in [0, 0.1) is 11.3 Å². The molecule has 28 heavy (non-hydrogen) atoms. The monoisotopic (exact) mass is 467 g/mol. The van der Waals surface area contributed by atoms with E-state index in [0.717, 1.165) is 0 Å². The summed E-state index contributed by atoms with van der Waals surface area (Å²) in [5, 5.41) is 8.83. The average Bonchev–Trinajstić information content (AvgIpc) is 2.59. The summed E-state index contributed by atoms with van der Waals surface area (Å²) in [6.45, 7) is 1.69. The molecule has 2 rings (SSSR count). The predicted molar refractivity (Wildman–Crippen MR) is 93.2 cm³/mol. The third kappa shape index (κ3) is 3.88. The van der Waals surface area contributed by atoms with Crippen LogP contribution in [-0.4, -0.2) is 12.4 Å². The van der Waals surface area contributed by atoms with E-state index in [2.05, 4.69) is 15.9 Å². The number of hydrogen-bond acceptors (Lipinski definition) is 1. The van der Waals surface area contributed by atoms with Crippen LogP contribution in [0.25, 0.3) is 11.1 Å². The van der Waals surface area contributed by atoms with Crippen LogP contribution >= 0.6 is 15.9 Å². The van der Waals surface area contributed by atoms with Crippen molar-refractivity contribution in [2.24, 2.45) is 0 Å². The molecule has 0 amide bonds. The lowest BCUT2D eigenvalue weighted by Crippen LogP contribution is -2.50. The first-order valence-corrected chi connectivity index (χ1v) is 8.82. The van der Waals surface area contributed by atoms with Gasteiger partial charge in [-0.15, -0.1) is 0 Å². The lowest BCUT2D eigenvalue weighted by molar-refractivity contribution is -0.348. The predicted octanol–water partition coefficient (Wildman–Crippen LogP) is 7.23. The standard InChI is InChI=1S/C19H13BrF7N/c1-2-3-12-8-14(17(21,18(22,23)24)19(25,26)27)16(15(20)9-12)13-6-4-11(10-28)5-7-13/h4-9H,2-3H2,1H3. The number of halogens is 8. The normalized spacial score (nSPS) is 12.7. The Balaban J connectivity index is 2.91. The van der Waals surface area contributed by atoms with Crippen molar-refractivity contribution in [3.63, 3.8) is 0 Å². The van der Waals surface area contributed by atoms with Crippen LogP contribution in [0.5, 0.6) is 0 Å². The van der Waals surface area contributed by atoms with Crippen LogP contribution in [-0.2, 0) is 12.1 Å². The molecule has 0 fully saturated rings. The van der Waals surface area contributed by atoms with E-state index < -0.39 is 29.1 Å². The summed E-state index contributed by atoms with van der Waals surface area (Å²) >= 11 is 3.00. The highest BCUT2D eigenvalue weighted by molar-refractivity contribution is 9.10. The minimum atomic E-state index is -6.23. The molecule has 0 saturated heterocycles. The number of benzene rings is 2. The van der Waals surface area contributed by atoms with E-state index in [-0.39, 0.29) is 27.6 Å². The fourth-order valence-corrected chi connectivity index (χ4v) is 3.57. The zero-order chi connectivity index (χ0) is 21.3. The van der Waals surface area contributed by atoms with E-state index >= 15 is 0 Å². The summed E-state index contributed by atoms with van der Waals surface area (Å²) in [4.78, 5) is 0. The highest BCUT2D eigenvalue weighted by atomic mass is 79.9. The molecule has 0 heterocycles. The van der Waals surface area contributed by atoms with Gasteiger partial charge in [0.2, 0.25) is 0 Å². The van der Waals surface area contributed by atoms with Gasteiger partial charge in [0.05, 0.1) is 11.6 Å². The maximum absolute atomic E-state index is 14.9. The fraction of sp³-hybridized carbons (Fsp3) is 0.316. The largest absolute Gasteiger partial charge is 0.435 e. The van der Waals surface area contributed by atoms with Crippen LogP contribution in [0.2, 0.25) is 0 Å². The molecule has 0 aliphatic carbocycles. The van der Waals surface area contributed by atoms with Gasteiger partial charge >= 0.3 is 18.0 Å². The van der Waals surface area contributed by atoms with Crippen molar-refractivity contribution in [3.05, 3.63) is 57.6 Å². The van der Waals surface area contributed by atoms with Gasteiger partial charge in [-0.2, -0.15) is 31.6 Å². The highest BCUT2D eigenvalue weighted by Crippen LogP contribution is 2.56. The molecular weight excluding hydrogens is 455 g/mol. The number of nitrogens with zero attached hydrogens (tertiary/aromatic N) is 1. The zero-order valence-electron chi connectivity index (χ0n) is 14.3. The minimum Gasteiger partial charge on any atom is -0.218 e. The molecule has 0 radical (unpaired) electrons. The second-order valence-corrected chi connectivity index (χ2v) is 6.95. The Morgan fingerprint density at radius 2 is 1.46 bits per heavy atom. The van der Waals surface area contributed by atoms with Crippen LogP contribution in [0.3, 0.4) is 0 Å². The quantitative estimate of drug-likeness (QED) is 0.435. The second-order valence-electron chi connectivity index (χ2n) is 6.09. The summed E-state index contributed by atoms with van der Waals surface area (Å²) in [7, 11) is 0. The van der Waals surface area contributed by atoms with Gasteiger partial charge in [-0.05, 0) is 35.7 Å². The second kappa shape index (κ2) is 7.74. The van der Waals surface area contributed by atoms with Gasteiger partial charge in [0.15, 0.2) is 0 Å². The molecule has 2 aromatic carbocycles. The first-order chi connectivity index (χ1) is 12.9. The lowest BCUT2D eigenvalue weighted by Gasteiger charge is -2.32. The Morgan fingerprint density at radius 3 is 1.89 bits per heavy atom. The summed E-state index contributed by atoms with van der Waals surface area (Å²) < 4.78 is 95.2. The number of alkyl halides is 7. The maximum atomic E-state index is 14.9. The minimum absolute atomic E-state index is 0.0838. The Hall–Kier alpha value is -2.08. The Morgan fingerprint density at radius 1 is 0.929 bits per heavy atom. The molecule has 0 aliphatic heterocycles. The topological polar surface area (TPSA) is 23.8 Å². The third-order valence-corrected chi connectivity index (χ3v) is 4.77. The van der Waals surface area contributed by atoms with Gasteiger partial charge in [0.1, 0.15) is 0 Å². The van der Waals surface area contributed by atoms with Crippen molar-refractivity contribution in [1.82, 2.24) is 0 Å². The number of hydrogen-bond donors (Lipinski definition) is 0. The molecule has 0 aromatic heterocycles. The first kappa shape index (κ1) is 22.2. The smallest absolute Gasteiger partial charge is 0.218 e. The molecule has 1 nitrogen and oxygen atoms in total. The van der Waals surface area contributed by atoms with Crippen LogP contribution in [0.15, 0.2) is 40.9 Å². The lowest BCUT2D eigenvalue weighted by atomic mass is 9.85. The van der Waals surface area contributed by atoms with Crippen molar-refractivity contribution in [2.45, 2.75) is 37.8 Å². The fourth-order valence-electron chi connectivity index (χ4n) is 2.84. The Bertz CT molecular complexity index is 879. The van der Waals surface area contributed by atoms with Crippen LogP contribution in [0.4, 0.5) is 30.7 Å². The van der Waals surface area contributed by atoms with Gasteiger partial charge in [0, 0.05) is 15.6 Å². The molecule has 0 saturated carbocycles. The third-order valence-electron chi connectivity index (χ3n) is 4.14. The zero-order valence-corrected chi connectivity index (χ0v) is 15.9. The van der Waals surface area contributed by atoms with Crippen molar-refractivity contribution in [3.8, 4) is 17.2 Å². The molecule has 2 aromatic rings. The molecule has 0 unspecified atom stereocenters. The molecular formula is C19H13BrF7N. The summed E-state index contributed by atoms with van der Waals surface area (Å²) in [6.07, 6.45) is -11.8. The van der Waals surface area contributed by atoms with Gasteiger partial charge in [-0.3, -0.25) is 0 Å². The first-order valence-electron chi connectivity index (χ1n) is 8.02. The van der Waals surface area contributed by atoms with Gasteiger partial charge in [-0.1, -0.05) is 47.5 Å². The van der Waals surface area contributed by atoms with E-state index in [0.29, 0.717) is 12.5 Å². The molecule has 9 heteroatoms. The van der Waals surface area contributed by atoms with E-state index in [9.17, 15) is 30.7 Å². The molecule has 0 atom stereocenters. The van der Waals surface area contributed by atoms with E-state index in [4.69, 9.17) is 5.26 Å². The molecule has 0 aliphatic rings. The van der Waals surface area contributed by atoms with Gasteiger partial charge < -0.3 is 0 Å². The molecule has 0 spiro atoms. The average molecular weight is 468 g/mol. The summed E-state index contributed by atoms with van der Waals surface area (Å²) in [5.74, 6) is 0. The SMILES string of the molecule is CCCc1cc(Br)c(-c2ccc(C#N)cc2)c(C(F)(C(F)(F)F)C(F)(F)F)c1. The van der Waals surface area contributed by atoms with E-state index in [1.54, 1.807) is 13.0 Å². The summed E-state index contributed by atoms with van der Waals surface area (Å²) in [5.41, 5.74) is -7.45. The van der Waals surface area contributed by atoms with Crippen molar-refractivity contribution >= 4 is 15.9 Å². The van der Waals surface area contributed by atoms with Crippen LogP contribution < -0.4 is 0 Å². The van der Waals surface area contributed by atoms with E-state index in [1.807, 2.05) is 0 Å². The number of nitriles is 1.